The quantitative estimate of drug-likeness (QED) is 0.918. The fraction of sp³-hybridized carbons (Fsp3) is 0.600. The van der Waals surface area contributed by atoms with Crippen LogP contribution in [0.5, 0.6) is 0 Å². The van der Waals surface area contributed by atoms with Gasteiger partial charge in [0.15, 0.2) is 0 Å². The van der Waals surface area contributed by atoms with Crippen molar-refractivity contribution < 1.29 is 9.59 Å². The Morgan fingerprint density at radius 3 is 2.36 bits per heavy atom. The molecule has 0 bridgehead atoms. The van der Waals surface area contributed by atoms with Gasteiger partial charge in [0.1, 0.15) is 0 Å². The lowest BCUT2D eigenvalue weighted by atomic mass is 9.87. The van der Waals surface area contributed by atoms with Gasteiger partial charge >= 0.3 is 0 Å². The molecule has 0 radical (unpaired) electrons. The Labute approximate surface area is 149 Å². The number of primary amides is 1. The molecule has 1 saturated carbocycles. The number of piperidine rings is 1. The van der Waals surface area contributed by atoms with Crippen molar-refractivity contribution in [3.63, 3.8) is 0 Å². The highest BCUT2D eigenvalue weighted by molar-refractivity contribution is 6.10. The van der Waals surface area contributed by atoms with E-state index in [4.69, 9.17) is 5.73 Å². The number of carbonyl (C=O) groups excluding carboxylic acids is 2. The molecule has 5 nitrogen and oxygen atoms in total. The summed E-state index contributed by atoms with van der Waals surface area (Å²) in [5, 5.41) is 0. The molecule has 2 heterocycles. The lowest BCUT2D eigenvalue weighted by Crippen LogP contribution is -2.53. The predicted octanol–water partition coefficient (Wildman–Crippen LogP) is 2.49. The van der Waals surface area contributed by atoms with Gasteiger partial charge in [-0.05, 0) is 51.2 Å². The molecule has 5 heteroatoms. The first-order valence-corrected chi connectivity index (χ1v) is 9.42. The molecule has 1 aromatic rings. The Balaban J connectivity index is 1.60. The molecule has 1 aliphatic carbocycles. The number of amides is 2. The molecule has 0 atom stereocenters. The van der Waals surface area contributed by atoms with Crippen molar-refractivity contribution in [2.24, 2.45) is 5.73 Å². The number of hydrogen-bond acceptors (Lipinski definition) is 3. The summed E-state index contributed by atoms with van der Waals surface area (Å²) in [4.78, 5) is 29.6. The molecule has 2 N–H and O–H groups in total. The number of nitrogens with zero attached hydrogens (tertiary/aromatic N) is 2. The van der Waals surface area contributed by atoms with Crippen LogP contribution in [0.1, 0.15) is 72.2 Å². The van der Waals surface area contributed by atoms with Crippen molar-refractivity contribution in [2.75, 3.05) is 13.1 Å². The maximum Gasteiger partial charge on any atom is 0.255 e. The molecule has 2 aliphatic heterocycles. The number of fused-ring (bicyclic) bond motifs is 1. The van der Waals surface area contributed by atoms with Crippen molar-refractivity contribution >= 4 is 11.8 Å². The largest absolute Gasteiger partial charge is 0.366 e. The summed E-state index contributed by atoms with van der Waals surface area (Å²) in [6, 6.07) is 6.45. The van der Waals surface area contributed by atoms with Crippen LogP contribution in [0.4, 0.5) is 0 Å². The second-order valence-electron chi connectivity index (χ2n) is 8.18. The average Bonchev–Trinajstić information content (AvgIpc) is 2.73. The van der Waals surface area contributed by atoms with E-state index in [1.165, 1.54) is 19.3 Å². The normalized spacial score (nSPS) is 24.2. The van der Waals surface area contributed by atoms with Gasteiger partial charge in [0.25, 0.3) is 5.91 Å². The minimum atomic E-state index is -0.525. The Hall–Kier alpha value is -1.88. The van der Waals surface area contributed by atoms with E-state index >= 15 is 0 Å². The van der Waals surface area contributed by atoms with Gasteiger partial charge < -0.3 is 15.5 Å². The first-order valence-electron chi connectivity index (χ1n) is 9.42. The van der Waals surface area contributed by atoms with Gasteiger partial charge in [-0.15, -0.1) is 0 Å². The zero-order valence-corrected chi connectivity index (χ0v) is 15.1. The molecule has 2 amide bonds. The van der Waals surface area contributed by atoms with Crippen LogP contribution < -0.4 is 5.73 Å². The van der Waals surface area contributed by atoms with Gasteiger partial charge in [0.2, 0.25) is 5.91 Å². The summed E-state index contributed by atoms with van der Waals surface area (Å²) in [7, 11) is 0. The smallest absolute Gasteiger partial charge is 0.255 e. The molecule has 1 aromatic carbocycles. The van der Waals surface area contributed by atoms with Gasteiger partial charge in [-0.25, -0.2) is 0 Å². The molecule has 0 spiro atoms. The van der Waals surface area contributed by atoms with E-state index in [1.807, 2.05) is 17.0 Å². The standard InChI is InChI=1S/C20H27N3O2/c1-20(2)16-8-4-7-15(18(21)24)17(16)19(25)23(20)14-9-11-22(12-10-14)13-5-3-6-13/h4,7-8,13-14H,3,5-6,9-12H2,1-2H3,(H2,21,24). The van der Waals surface area contributed by atoms with E-state index in [9.17, 15) is 9.59 Å². The summed E-state index contributed by atoms with van der Waals surface area (Å²) in [5.41, 5.74) is 6.91. The van der Waals surface area contributed by atoms with Crippen molar-refractivity contribution in [3.8, 4) is 0 Å². The molecule has 0 aromatic heterocycles. The topological polar surface area (TPSA) is 66.6 Å². The monoisotopic (exact) mass is 341 g/mol. The third-order valence-electron chi connectivity index (χ3n) is 6.48. The molecular weight excluding hydrogens is 314 g/mol. The maximum absolute atomic E-state index is 13.2. The number of likely N-dealkylation sites (tertiary alicyclic amines) is 1. The zero-order valence-electron chi connectivity index (χ0n) is 15.1. The minimum Gasteiger partial charge on any atom is -0.366 e. The van der Waals surface area contributed by atoms with Gasteiger partial charge in [-0.2, -0.15) is 0 Å². The Kier molecular flexibility index (Phi) is 3.87. The molecular formula is C20H27N3O2. The van der Waals surface area contributed by atoms with Crippen molar-refractivity contribution in [1.82, 2.24) is 9.80 Å². The van der Waals surface area contributed by atoms with E-state index < -0.39 is 11.4 Å². The highest BCUT2D eigenvalue weighted by Crippen LogP contribution is 2.43. The van der Waals surface area contributed by atoms with Crippen LogP contribution in [0.15, 0.2) is 18.2 Å². The fourth-order valence-corrected chi connectivity index (χ4v) is 4.89. The minimum absolute atomic E-state index is 0.0310. The summed E-state index contributed by atoms with van der Waals surface area (Å²) in [5.74, 6) is -0.556. The SMILES string of the molecule is CC1(C)c2cccc(C(N)=O)c2C(=O)N1C1CCN(C2CCC2)CC1. The van der Waals surface area contributed by atoms with E-state index in [0.29, 0.717) is 11.1 Å². The van der Waals surface area contributed by atoms with E-state index in [-0.39, 0.29) is 11.9 Å². The third kappa shape index (κ3) is 2.48. The number of hydrogen-bond donors (Lipinski definition) is 1. The predicted molar refractivity (Wildman–Crippen MR) is 96.4 cm³/mol. The van der Waals surface area contributed by atoms with E-state index in [1.54, 1.807) is 6.07 Å². The van der Waals surface area contributed by atoms with E-state index in [0.717, 1.165) is 37.5 Å². The van der Waals surface area contributed by atoms with E-state index in [2.05, 4.69) is 18.7 Å². The maximum atomic E-state index is 13.2. The van der Waals surface area contributed by atoms with Gasteiger partial charge in [-0.3, -0.25) is 9.59 Å². The molecule has 1 saturated heterocycles. The first-order chi connectivity index (χ1) is 11.9. The summed E-state index contributed by atoms with van der Waals surface area (Å²) < 4.78 is 0. The second kappa shape index (κ2) is 5.84. The molecule has 0 unspecified atom stereocenters. The van der Waals surface area contributed by atoms with Gasteiger partial charge in [0.05, 0.1) is 16.7 Å². The fourth-order valence-electron chi connectivity index (χ4n) is 4.89. The van der Waals surface area contributed by atoms with Crippen LogP contribution in [-0.4, -0.2) is 46.8 Å². The summed E-state index contributed by atoms with van der Waals surface area (Å²) in [6.07, 6.45) is 6.02. The number of carbonyl (C=O) groups is 2. The van der Waals surface area contributed by atoms with Crippen molar-refractivity contribution in [1.29, 1.82) is 0 Å². The Bertz CT molecular complexity index is 716. The van der Waals surface area contributed by atoms with Crippen LogP contribution in [-0.2, 0) is 5.54 Å². The third-order valence-corrected chi connectivity index (χ3v) is 6.48. The Morgan fingerprint density at radius 1 is 1.12 bits per heavy atom. The molecule has 3 aliphatic rings. The summed E-state index contributed by atoms with van der Waals surface area (Å²) in [6.45, 7) is 6.29. The van der Waals surface area contributed by atoms with Crippen LogP contribution in [0.2, 0.25) is 0 Å². The van der Waals surface area contributed by atoms with Crippen LogP contribution in [0, 0.1) is 0 Å². The zero-order chi connectivity index (χ0) is 17.8. The van der Waals surface area contributed by atoms with Crippen molar-refractivity contribution in [2.45, 2.75) is 63.6 Å². The molecule has 4 rings (SSSR count). The van der Waals surface area contributed by atoms with Crippen molar-refractivity contribution in [3.05, 3.63) is 34.9 Å². The summed E-state index contributed by atoms with van der Waals surface area (Å²) >= 11 is 0. The molecule has 134 valence electrons. The second-order valence-corrected chi connectivity index (χ2v) is 8.18. The lowest BCUT2D eigenvalue weighted by molar-refractivity contribution is 0.0183. The molecule has 2 fully saturated rings. The number of rotatable bonds is 3. The highest BCUT2D eigenvalue weighted by atomic mass is 16.2. The lowest BCUT2D eigenvalue weighted by Gasteiger charge is -2.46. The van der Waals surface area contributed by atoms with Crippen LogP contribution in [0.3, 0.4) is 0 Å². The Morgan fingerprint density at radius 2 is 1.80 bits per heavy atom. The van der Waals surface area contributed by atoms with Gasteiger partial charge in [0, 0.05) is 25.2 Å². The van der Waals surface area contributed by atoms with Gasteiger partial charge in [-0.1, -0.05) is 18.6 Å². The first kappa shape index (κ1) is 16.6. The number of benzene rings is 1. The highest BCUT2D eigenvalue weighted by Gasteiger charge is 2.48. The molecule has 25 heavy (non-hydrogen) atoms. The number of nitrogens with two attached hydrogens (primary N) is 1. The average molecular weight is 341 g/mol. The van der Waals surface area contributed by atoms with Crippen LogP contribution >= 0.6 is 0 Å². The van der Waals surface area contributed by atoms with Crippen LogP contribution in [0.25, 0.3) is 0 Å².